The number of hydrogen-bond acceptors (Lipinski definition) is 2. The fraction of sp³-hybridized carbons (Fsp3) is 0.308. The maximum absolute atomic E-state index is 12.9. The van der Waals surface area contributed by atoms with Crippen molar-refractivity contribution in [1.29, 1.82) is 0 Å². The summed E-state index contributed by atoms with van der Waals surface area (Å²) in [6, 6.07) is 4.57. The molecule has 0 aliphatic rings. The van der Waals surface area contributed by atoms with E-state index >= 15 is 0 Å². The molecule has 0 aliphatic heterocycles. The van der Waals surface area contributed by atoms with Crippen LogP contribution in [-0.4, -0.2) is 24.3 Å². The second kappa shape index (κ2) is 5.45. The van der Waals surface area contributed by atoms with Crippen LogP contribution >= 0.6 is 0 Å². The molecule has 0 saturated heterocycles. The Morgan fingerprint density at radius 1 is 1.31 bits per heavy atom. The van der Waals surface area contributed by atoms with Crippen molar-refractivity contribution in [3.63, 3.8) is 0 Å². The lowest BCUT2D eigenvalue weighted by Crippen LogP contribution is -2.19. The number of aldehydes is 1. The third-order valence-corrected chi connectivity index (χ3v) is 2.48. The van der Waals surface area contributed by atoms with Crippen molar-refractivity contribution in [2.45, 2.75) is 19.9 Å². The van der Waals surface area contributed by atoms with Crippen LogP contribution in [0.5, 0.6) is 0 Å². The molecular formula is C13H16FNO. The summed E-state index contributed by atoms with van der Waals surface area (Å²) in [6.07, 6.45) is 4.35. The highest BCUT2D eigenvalue weighted by Crippen LogP contribution is 2.11. The molecular weight excluding hydrogens is 205 g/mol. The standard InChI is InChI=1S/C13H16FNO/c1-10(2)15(3)7-6-11-4-5-13(14)8-12(11)9-16/h4-10H,1-3H3/b7-6-. The van der Waals surface area contributed by atoms with Gasteiger partial charge in [-0.15, -0.1) is 0 Å². The van der Waals surface area contributed by atoms with E-state index in [-0.39, 0.29) is 0 Å². The number of nitrogens with zero attached hydrogens (tertiary/aromatic N) is 1. The van der Waals surface area contributed by atoms with Crippen molar-refractivity contribution < 1.29 is 9.18 Å². The van der Waals surface area contributed by atoms with Gasteiger partial charge in [0.1, 0.15) is 5.82 Å². The number of halogens is 1. The first kappa shape index (κ1) is 12.4. The molecule has 0 spiro atoms. The third-order valence-electron chi connectivity index (χ3n) is 2.48. The van der Waals surface area contributed by atoms with Gasteiger partial charge < -0.3 is 4.90 Å². The van der Waals surface area contributed by atoms with Gasteiger partial charge in [0, 0.05) is 18.7 Å². The molecule has 3 heteroatoms. The first-order valence-electron chi connectivity index (χ1n) is 5.19. The highest BCUT2D eigenvalue weighted by atomic mass is 19.1. The first-order chi connectivity index (χ1) is 7.54. The zero-order chi connectivity index (χ0) is 12.1. The van der Waals surface area contributed by atoms with E-state index in [1.54, 1.807) is 6.07 Å². The van der Waals surface area contributed by atoms with Gasteiger partial charge in [0.25, 0.3) is 0 Å². The van der Waals surface area contributed by atoms with Crippen LogP contribution in [0.1, 0.15) is 29.8 Å². The van der Waals surface area contributed by atoms with E-state index in [0.29, 0.717) is 17.9 Å². The summed E-state index contributed by atoms with van der Waals surface area (Å²) in [5, 5.41) is 0. The molecule has 1 aromatic rings. The summed E-state index contributed by atoms with van der Waals surface area (Å²) in [5.74, 6) is -0.392. The highest BCUT2D eigenvalue weighted by Gasteiger charge is 2.01. The van der Waals surface area contributed by atoms with Crippen molar-refractivity contribution in [3.8, 4) is 0 Å². The van der Waals surface area contributed by atoms with Crippen LogP contribution in [-0.2, 0) is 0 Å². The van der Waals surface area contributed by atoms with Gasteiger partial charge in [-0.1, -0.05) is 6.07 Å². The molecule has 0 aliphatic carbocycles. The van der Waals surface area contributed by atoms with Crippen molar-refractivity contribution in [3.05, 3.63) is 41.3 Å². The summed E-state index contributed by atoms with van der Waals surface area (Å²) < 4.78 is 12.9. The highest BCUT2D eigenvalue weighted by molar-refractivity contribution is 5.81. The van der Waals surface area contributed by atoms with Gasteiger partial charge >= 0.3 is 0 Å². The minimum Gasteiger partial charge on any atom is -0.378 e. The Balaban J connectivity index is 2.92. The summed E-state index contributed by atoms with van der Waals surface area (Å²) in [5.41, 5.74) is 1.09. The maximum Gasteiger partial charge on any atom is 0.150 e. The Labute approximate surface area is 95.4 Å². The molecule has 0 atom stereocenters. The van der Waals surface area contributed by atoms with Crippen LogP contribution < -0.4 is 0 Å². The Morgan fingerprint density at radius 3 is 2.56 bits per heavy atom. The quantitative estimate of drug-likeness (QED) is 0.728. The summed E-state index contributed by atoms with van der Waals surface area (Å²) in [6.45, 7) is 4.13. The van der Waals surface area contributed by atoms with Crippen molar-refractivity contribution in [1.82, 2.24) is 4.90 Å². The molecule has 0 unspecified atom stereocenters. The van der Waals surface area contributed by atoms with Gasteiger partial charge in [0.15, 0.2) is 6.29 Å². The lowest BCUT2D eigenvalue weighted by Gasteiger charge is -2.18. The average Bonchev–Trinajstić information content (AvgIpc) is 2.26. The van der Waals surface area contributed by atoms with Crippen LogP contribution in [0.2, 0.25) is 0 Å². The number of rotatable bonds is 4. The second-order valence-corrected chi connectivity index (χ2v) is 3.97. The first-order valence-corrected chi connectivity index (χ1v) is 5.19. The normalized spacial score (nSPS) is 11.1. The SMILES string of the molecule is CC(C)N(C)/C=C\c1ccc(F)cc1C=O. The zero-order valence-corrected chi connectivity index (χ0v) is 9.77. The van der Waals surface area contributed by atoms with E-state index in [9.17, 15) is 9.18 Å². The van der Waals surface area contributed by atoms with Crippen molar-refractivity contribution in [2.24, 2.45) is 0 Å². The van der Waals surface area contributed by atoms with Gasteiger partial charge in [0.05, 0.1) is 0 Å². The van der Waals surface area contributed by atoms with Crippen LogP contribution in [0.4, 0.5) is 4.39 Å². The minimum absolute atomic E-state index is 0.369. The molecule has 0 bridgehead atoms. The fourth-order valence-electron chi connectivity index (χ4n) is 1.17. The predicted molar refractivity (Wildman–Crippen MR) is 63.7 cm³/mol. The number of hydrogen-bond donors (Lipinski definition) is 0. The second-order valence-electron chi connectivity index (χ2n) is 3.97. The van der Waals surface area contributed by atoms with E-state index in [1.165, 1.54) is 12.1 Å². The van der Waals surface area contributed by atoms with Crippen molar-refractivity contribution in [2.75, 3.05) is 7.05 Å². The molecule has 1 rings (SSSR count). The summed E-state index contributed by atoms with van der Waals surface area (Å²) >= 11 is 0. The third kappa shape index (κ3) is 3.19. The van der Waals surface area contributed by atoms with E-state index in [2.05, 4.69) is 13.8 Å². The van der Waals surface area contributed by atoms with Gasteiger partial charge in [-0.05, 0) is 43.8 Å². The predicted octanol–water partition coefficient (Wildman–Crippen LogP) is 2.95. The topological polar surface area (TPSA) is 20.3 Å². The number of carbonyl (C=O) groups excluding carboxylic acids is 1. The lowest BCUT2D eigenvalue weighted by molar-refractivity contribution is 0.112. The van der Waals surface area contributed by atoms with Crippen LogP contribution in [0.3, 0.4) is 0 Å². The van der Waals surface area contributed by atoms with Crippen LogP contribution in [0.15, 0.2) is 24.4 Å². The van der Waals surface area contributed by atoms with Gasteiger partial charge in [-0.3, -0.25) is 4.79 Å². The minimum atomic E-state index is -0.392. The molecule has 0 amide bonds. The molecule has 1 aromatic carbocycles. The molecule has 86 valence electrons. The molecule has 0 fully saturated rings. The molecule has 0 N–H and O–H groups in total. The van der Waals surface area contributed by atoms with E-state index in [0.717, 1.165) is 5.56 Å². The molecule has 16 heavy (non-hydrogen) atoms. The molecule has 0 radical (unpaired) electrons. The molecule has 0 heterocycles. The van der Waals surface area contributed by atoms with E-state index in [1.807, 2.05) is 24.2 Å². The number of carbonyl (C=O) groups is 1. The average molecular weight is 221 g/mol. The van der Waals surface area contributed by atoms with Crippen LogP contribution in [0, 0.1) is 5.82 Å². The van der Waals surface area contributed by atoms with E-state index in [4.69, 9.17) is 0 Å². The zero-order valence-electron chi connectivity index (χ0n) is 9.77. The Bertz CT molecular complexity index is 399. The Hall–Kier alpha value is -1.64. The molecule has 2 nitrogen and oxygen atoms in total. The molecule has 0 saturated carbocycles. The van der Waals surface area contributed by atoms with E-state index < -0.39 is 5.82 Å². The Morgan fingerprint density at radius 2 is 2.00 bits per heavy atom. The molecule has 0 aromatic heterocycles. The van der Waals surface area contributed by atoms with Crippen molar-refractivity contribution >= 4 is 12.4 Å². The van der Waals surface area contributed by atoms with Gasteiger partial charge in [-0.2, -0.15) is 0 Å². The smallest absolute Gasteiger partial charge is 0.150 e. The maximum atomic E-state index is 12.9. The lowest BCUT2D eigenvalue weighted by atomic mass is 10.1. The Kier molecular flexibility index (Phi) is 4.23. The summed E-state index contributed by atoms with van der Waals surface area (Å²) in [4.78, 5) is 12.8. The fourth-order valence-corrected chi connectivity index (χ4v) is 1.17. The largest absolute Gasteiger partial charge is 0.378 e. The van der Waals surface area contributed by atoms with Gasteiger partial charge in [-0.25, -0.2) is 4.39 Å². The number of benzene rings is 1. The summed E-state index contributed by atoms with van der Waals surface area (Å²) in [7, 11) is 1.95. The monoisotopic (exact) mass is 221 g/mol. The van der Waals surface area contributed by atoms with Gasteiger partial charge in [0.2, 0.25) is 0 Å². The van der Waals surface area contributed by atoms with Crippen LogP contribution in [0.25, 0.3) is 6.08 Å².